The van der Waals surface area contributed by atoms with E-state index in [1.807, 2.05) is 16.9 Å². The van der Waals surface area contributed by atoms with E-state index in [9.17, 15) is 4.79 Å². The molecule has 3 rings (SSSR count). The minimum absolute atomic E-state index is 0.131. The molecule has 0 saturated heterocycles. The average molecular weight is 308 g/mol. The van der Waals surface area contributed by atoms with Gasteiger partial charge in [-0.05, 0) is 31.2 Å². The fraction of sp³-hybridized carbons (Fsp3) is 0.500. The molecular weight excluding hydrogens is 290 g/mol. The van der Waals surface area contributed by atoms with Gasteiger partial charge in [-0.1, -0.05) is 11.6 Å². The van der Waals surface area contributed by atoms with Crippen molar-refractivity contribution in [2.45, 2.75) is 32.4 Å². The second kappa shape index (κ2) is 6.30. The Kier molecular flexibility index (Phi) is 4.24. The van der Waals surface area contributed by atoms with Crippen LogP contribution in [0.5, 0.6) is 0 Å². The van der Waals surface area contributed by atoms with Gasteiger partial charge in [-0.2, -0.15) is 10.2 Å². The molecule has 0 aliphatic heterocycles. The number of rotatable bonds is 7. The molecule has 0 unspecified atom stereocenters. The van der Waals surface area contributed by atoms with Crippen LogP contribution < -0.4 is 10.9 Å². The van der Waals surface area contributed by atoms with Crippen LogP contribution in [0.4, 0.5) is 5.69 Å². The standard InChI is InChI=1S/C14H18ClN5O/c15-12-9-18-20(10-11-3-4-11)14(21)13(12)16-5-1-7-19-8-2-6-17-19/h2,6,8-9,11,16H,1,3-5,7,10H2. The topological polar surface area (TPSA) is 64.7 Å². The van der Waals surface area contributed by atoms with Gasteiger partial charge in [0.05, 0.1) is 11.2 Å². The van der Waals surface area contributed by atoms with E-state index in [0.29, 0.717) is 29.7 Å². The maximum atomic E-state index is 12.3. The summed E-state index contributed by atoms with van der Waals surface area (Å²) in [6.07, 6.45) is 8.45. The number of halogens is 1. The van der Waals surface area contributed by atoms with E-state index in [4.69, 9.17) is 11.6 Å². The Balaban J connectivity index is 1.59. The van der Waals surface area contributed by atoms with Crippen molar-refractivity contribution >= 4 is 17.3 Å². The maximum absolute atomic E-state index is 12.3. The molecule has 0 aromatic carbocycles. The SMILES string of the molecule is O=c1c(NCCCn2cccn2)c(Cl)cnn1CC1CC1. The van der Waals surface area contributed by atoms with E-state index in [0.717, 1.165) is 13.0 Å². The van der Waals surface area contributed by atoms with Crippen LogP contribution in [0.1, 0.15) is 19.3 Å². The van der Waals surface area contributed by atoms with Crippen molar-refractivity contribution in [3.63, 3.8) is 0 Å². The summed E-state index contributed by atoms with van der Waals surface area (Å²) in [6.45, 7) is 2.17. The normalized spacial score (nSPS) is 14.3. The monoisotopic (exact) mass is 307 g/mol. The van der Waals surface area contributed by atoms with Crippen LogP contribution in [0.2, 0.25) is 5.02 Å². The van der Waals surface area contributed by atoms with Gasteiger partial charge in [0, 0.05) is 32.0 Å². The highest BCUT2D eigenvalue weighted by Gasteiger charge is 2.23. The zero-order valence-corrected chi connectivity index (χ0v) is 12.5. The smallest absolute Gasteiger partial charge is 0.291 e. The van der Waals surface area contributed by atoms with Gasteiger partial charge in [-0.15, -0.1) is 0 Å². The Morgan fingerprint density at radius 3 is 2.95 bits per heavy atom. The van der Waals surface area contributed by atoms with Crippen LogP contribution in [-0.2, 0) is 13.1 Å². The van der Waals surface area contributed by atoms with Crippen LogP contribution in [0.15, 0.2) is 29.5 Å². The zero-order chi connectivity index (χ0) is 14.7. The molecule has 6 nitrogen and oxygen atoms in total. The predicted molar refractivity (Wildman–Crippen MR) is 81.6 cm³/mol. The van der Waals surface area contributed by atoms with Crippen LogP contribution in [-0.4, -0.2) is 26.1 Å². The van der Waals surface area contributed by atoms with Crippen LogP contribution in [0.3, 0.4) is 0 Å². The molecule has 1 N–H and O–H groups in total. The highest BCUT2D eigenvalue weighted by atomic mass is 35.5. The maximum Gasteiger partial charge on any atom is 0.291 e. The van der Waals surface area contributed by atoms with Gasteiger partial charge in [0.15, 0.2) is 0 Å². The summed E-state index contributed by atoms with van der Waals surface area (Å²) in [5.74, 6) is 0.601. The fourth-order valence-electron chi connectivity index (χ4n) is 2.19. The summed E-state index contributed by atoms with van der Waals surface area (Å²) in [6, 6.07) is 1.89. The summed E-state index contributed by atoms with van der Waals surface area (Å²) in [7, 11) is 0. The number of nitrogens with one attached hydrogen (secondary N) is 1. The molecule has 1 aliphatic carbocycles. The van der Waals surface area contributed by atoms with Crippen molar-refractivity contribution in [3.8, 4) is 0 Å². The quantitative estimate of drug-likeness (QED) is 0.795. The fourth-order valence-corrected chi connectivity index (χ4v) is 2.38. The molecule has 1 fully saturated rings. The number of hydrogen-bond acceptors (Lipinski definition) is 4. The lowest BCUT2D eigenvalue weighted by Gasteiger charge is -2.10. The molecule has 112 valence electrons. The first-order chi connectivity index (χ1) is 10.2. The minimum Gasteiger partial charge on any atom is -0.379 e. The molecule has 0 amide bonds. The van der Waals surface area contributed by atoms with Gasteiger partial charge in [0.2, 0.25) is 0 Å². The Labute approximate surface area is 127 Å². The summed E-state index contributed by atoms with van der Waals surface area (Å²) >= 11 is 6.08. The van der Waals surface area contributed by atoms with Gasteiger partial charge in [-0.3, -0.25) is 9.48 Å². The summed E-state index contributed by atoms with van der Waals surface area (Å²) in [5, 5.41) is 11.8. The van der Waals surface area contributed by atoms with Gasteiger partial charge >= 0.3 is 0 Å². The highest BCUT2D eigenvalue weighted by Crippen LogP contribution is 2.30. The molecule has 2 aromatic heterocycles. The third-order valence-electron chi connectivity index (χ3n) is 3.55. The molecule has 0 radical (unpaired) electrons. The van der Waals surface area contributed by atoms with Gasteiger partial charge in [0.1, 0.15) is 5.69 Å². The first-order valence-electron chi connectivity index (χ1n) is 7.21. The average Bonchev–Trinajstić information content (AvgIpc) is 3.14. The van der Waals surface area contributed by atoms with E-state index < -0.39 is 0 Å². The van der Waals surface area contributed by atoms with Crippen molar-refractivity contribution in [2.75, 3.05) is 11.9 Å². The number of aromatic nitrogens is 4. The Bertz CT molecular complexity index is 648. The van der Waals surface area contributed by atoms with E-state index in [-0.39, 0.29) is 5.56 Å². The van der Waals surface area contributed by atoms with E-state index in [1.165, 1.54) is 17.5 Å². The predicted octanol–water partition coefficient (Wildman–Crippen LogP) is 2.01. The van der Waals surface area contributed by atoms with Crippen LogP contribution >= 0.6 is 11.6 Å². The van der Waals surface area contributed by atoms with Crippen LogP contribution in [0, 0.1) is 5.92 Å². The molecule has 2 heterocycles. The highest BCUT2D eigenvalue weighted by molar-refractivity contribution is 6.32. The lowest BCUT2D eigenvalue weighted by Crippen LogP contribution is -2.27. The van der Waals surface area contributed by atoms with Crippen LogP contribution in [0.25, 0.3) is 0 Å². The summed E-state index contributed by atoms with van der Waals surface area (Å²) in [5.41, 5.74) is 0.321. The van der Waals surface area contributed by atoms with Crippen molar-refractivity contribution < 1.29 is 0 Å². The number of nitrogens with zero attached hydrogens (tertiary/aromatic N) is 4. The second-order valence-corrected chi connectivity index (χ2v) is 5.75. The van der Waals surface area contributed by atoms with E-state index in [1.54, 1.807) is 12.4 Å². The number of anilines is 1. The van der Waals surface area contributed by atoms with Crippen molar-refractivity contribution in [1.29, 1.82) is 0 Å². The molecule has 0 bridgehead atoms. The second-order valence-electron chi connectivity index (χ2n) is 5.35. The summed E-state index contributed by atoms with van der Waals surface area (Å²) < 4.78 is 3.38. The lowest BCUT2D eigenvalue weighted by atomic mass is 10.3. The molecule has 1 saturated carbocycles. The minimum atomic E-state index is -0.131. The largest absolute Gasteiger partial charge is 0.379 e. The molecule has 1 aliphatic rings. The third kappa shape index (κ3) is 3.64. The van der Waals surface area contributed by atoms with Crippen molar-refractivity contribution in [2.24, 2.45) is 5.92 Å². The molecule has 0 spiro atoms. The molecule has 2 aromatic rings. The number of aryl methyl sites for hydroxylation is 1. The van der Waals surface area contributed by atoms with E-state index in [2.05, 4.69) is 15.5 Å². The molecule has 7 heteroatoms. The van der Waals surface area contributed by atoms with Gasteiger partial charge in [0.25, 0.3) is 5.56 Å². The first kappa shape index (κ1) is 14.1. The van der Waals surface area contributed by atoms with Crippen molar-refractivity contribution in [3.05, 3.63) is 40.0 Å². The molecule has 0 atom stereocenters. The first-order valence-corrected chi connectivity index (χ1v) is 7.59. The Morgan fingerprint density at radius 1 is 1.38 bits per heavy atom. The van der Waals surface area contributed by atoms with Crippen molar-refractivity contribution in [1.82, 2.24) is 19.6 Å². The Hall–Kier alpha value is -1.82. The lowest BCUT2D eigenvalue weighted by molar-refractivity contribution is 0.534. The molecular formula is C14H18ClN5O. The number of hydrogen-bond donors (Lipinski definition) is 1. The molecule has 21 heavy (non-hydrogen) atoms. The van der Waals surface area contributed by atoms with Gasteiger partial charge in [-0.25, -0.2) is 4.68 Å². The Morgan fingerprint density at radius 2 is 2.24 bits per heavy atom. The van der Waals surface area contributed by atoms with E-state index >= 15 is 0 Å². The summed E-state index contributed by atoms with van der Waals surface area (Å²) in [4.78, 5) is 12.3. The third-order valence-corrected chi connectivity index (χ3v) is 3.84. The van der Waals surface area contributed by atoms with Gasteiger partial charge < -0.3 is 5.32 Å². The zero-order valence-electron chi connectivity index (χ0n) is 11.7.